The van der Waals surface area contributed by atoms with Crippen molar-refractivity contribution in [3.63, 3.8) is 0 Å². The summed E-state index contributed by atoms with van der Waals surface area (Å²) in [5.74, 6) is -11.9. The summed E-state index contributed by atoms with van der Waals surface area (Å²) < 4.78 is 138. The first-order chi connectivity index (χ1) is 20.8. The van der Waals surface area contributed by atoms with Gasteiger partial charge in [0.2, 0.25) is 17.7 Å². The number of piperidine rings is 1. The van der Waals surface area contributed by atoms with Gasteiger partial charge >= 0.3 is 12.1 Å². The number of carbonyl (C=O) groups is 4. The number of carbonyl (C=O) groups excluding carboxylic acids is 4. The Hall–Kier alpha value is -2.84. The van der Waals surface area contributed by atoms with Crippen LogP contribution in [0.5, 0.6) is 0 Å². The minimum atomic E-state index is -5.90. The number of hydrogen-bond donors (Lipinski definition) is 3. The molecule has 1 unspecified atom stereocenters. The minimum absolute atomic E-state index is 0.00362. The number of halogens is 3. The molecule has 2 aliphatic heterocycles. The fourth-order valence-corrected chi connectivity index (χ4v) is 4.55. The number of rotatable bonds is 6. The lowest BCUT2D eigenvalue weighted by Gasteiger charge is -2.37. The van der Waals surface area contributed by atoms with Crippen molar-refractivity contribution in [2.45, 2.75) is 71.5 Å². The van der Waals surface area contributed by atoms with E-state index in [4.69, 9.17) is 15.1 Å². The molecular formula is C23H32F3N5O4. The minimum Gasteiger partial charge on any atom is -0.356 e. The molecule has 3 rings (SSSR count). The third kappa shape index (κ3) is 5.23. The maximum Gasteiger partial charge on any atom is 0.471 e. The van der Waals surface area contributed by atoms with Crippen LogP contribution < -0.4 is 16.0 Å². The third-order valence-electron chi connectivity index (χ3n) is 6.55. The first-order valence-electron chi connectivity index (χ1n) is 16.5. The van der Waals surface area contributed by atoms with E-state index in [-0.39, 0.29) is 17.9 Å². The topological polar surface area (TPSA) is 131 Å². The molecular weight excluding hydrogens is 467 g/mol. The lowest BCUT2D eigenvalue weighted by atomic mass is 9.85. The molecule has 9 nitrogen and oxygen atoms in total. The van der Waals surface area contributed by atoms with Crippen molar-refractivity contribution in [3.8, 4) is 6.07 Å². The van der Waals surface area contributed by atoms with Crippen LogP contribution in [0.1, 0.15) is 63.7 Å². The number of nitrogens with one attached hydrogen (secondary N) is 3. The second kappa shape index (κ2) is 8.99. The molecule has 1 saturated carbocycles. The van der Waals surface area contributed by atoms with E-state index in [1.54, 1.807) is 0 Å². The van der Waals surface area contributed by atoms with Crippen molar-refractivity contribution in [2.75, 3.05) is 13.1 Å². The van der Waals surface area contributed by atoms with Crippen molar-refractivity contribution >= 4 is 23.6 Å². The average molecular weight is 512 g/mol. The number of nitriles is 1. The predicted octanol–water partition coefficient (Wildman–Crippen LogP) is 1.10. The Bertz CT molecular complexity index is 1360. The molecule has 0 bridgehead atoms. The Balaban J connectivity index is 2.21. The predicted molar refractivity (Wildman–Crippen MR) is 117 cm³/mol. The van der Waals surface area contributed by atoms with E-state index in [1.807, 2.05) is 5.32 Å². The van der Waals surface area contributed by atoms with E-state index in [9.17, 15) is 39.0 Å². The van der Waals surface area contributed by atoms with E-state index in [0.717, 1.165) is 5.32 Å². The fraction of sp³-hybridized carbons (Fsp3) is 0.783. The van der Waals surface area contributed by atoms with Crippen molar-refractivity contribution in [1.82, 2.24) is 20.9 Å². The molecule has 0 aromatic carbocycles. The van der Waals surface area contributed by atoms with Gasteiger partial charge in [0, 0.05) is 32.7 Å². The molecule has 0 radical (unpaired) electrons. The second-order valence-electron chi connectivity index (χ2n) is 9.28. The summed E-state index contributed by atoms with van der Waals surface area (Å²) in [6.07, 6.45) is -7.02. The summed E-state index contributed by atoms with van der Waals surface area (Å²) in [4.78, 5) is 52.5. The number of likely N-dealkylation sites (tertiary alicyclic amines) is 1. The molecule has 2 saturated heterocycles. The van der Waals surface area contributed by atoms with E-state index in [0.29, 0.717) is 0 Å². The van der Waals surface area contributed by atoms with Crippen molar-refractivity contribution in [2.24, 2.45) is 28.6 Å². The molecule has 3 fully saturated rings. The van der Waals surface area contributed by atoms with E-state index in [1.165, 1.54) is 19.9 Å². The maximum absolute atomic E-state index is 14.2. The lowest BCUT2D eigenvalue weighted by molar-refractivity contribution is -0.176. The van der Waals surface area contributed by atoms with Gasteiger partial charge in [-0.1, -0.05) is 34.4 Å². The highest BCUT2D eigenvalue weighted by molar-refractivity contribution is 5.95. The molecule has 35 heavy (non-hydrogen) atoms. The van der Waals surface area contributed by atoms with Crippen LogP contribution in [0.4, 0.5) is 13.2 Å². The molecule has 4 amide bonds. The number of amides is 4. The first kappa shape index (κ1) is 14.7. The van der Waals surface area contributed by atoms with Gasteiger partial charge in [-0.3, -0.25) is 19.2 Å². The molecule has 3 aliphatic rings. The summed E-state index contributed by atoms with van der Waals surface area (Å²) in [7, 11) is 0. The monoisotopic (exact) mass is 511 g/mol. The van der Waals surface area contributed by atoms with Gasteiger partial charge in [-0.25, -0.2) is 0 Å². The SMILES string of the molecule is [2H]C([2H])([2H])C(C(NC(=O)C(F)(F)F)C(=O)N1C[C@H]2[C@H](C2(C)C)[C@@]1([2H])C(=O)N[C@]([2H])(C#N)C[C@]1([2H])CCNC1=O)(C([2H])([2H])[2H])C([2H])([2H])[2H]. The Morgan fingerprint density at radius 3 is 2.51 bits per heavy atom. The molecule has 0 spiro atoms. The molecule has 194 valence electrons. The Kier molecular flexibility index (Phi) is 3.76. The van der Waals surface area contributed by atoms with Crippen molar-refractivity contribution < 1.29 is 48.8 Å². The van der Waals surface area contributed by atoms with Gasteiger partial charge in [0.05, 0.1) is 8.81 Å². The van der Waals surface area contributed by atoms with Gasteiger partial charge < -0.3 is 20.9 Å². The summed E-state index contributed by atoms with van der Waals surface area (Å²) in [5, 5.41) is 14.9. The van der Waals surface area contributed by atoms with E-state index < -0.39 is 110 Å². The van der Waals surface area contributed by atoms with Crippen LogP contribution >= 0.6 is 0 Å². The third-order valence-corrected chi connectivity index (χ3v) is 6.55. The van der Waals surface area contributed by atoms with Gasteiger partial charge in [0.25, 0.3) is 0 Å². The van der Waals surface area contributed by atoms with Crippen LogP contribution in [0.15, 0.2) is 0 Å². The summed E-state index contributed by atoms with van der Waals surface area (Å²) in [6.45, 7) is -10.7. The van der Waals surface area contributed by atoms with Gasteiger partial charge in [-0.05, 0) is 35.5 Å². The highest BCUT2D eigenvalue weighted by atomic mass is 19.4. The number of fused-ring (bicyclic) bond motifs is 1. The highest BCUT2D eigenvalue weighted by Gasteiger charge is 2.70. The Morgan fingerprint density at radius 2 is 2.00 bits per heavy atom. The summed E-state index contributed by atoms with van der Waals surface area (Å²) >= 11 is 0. The van der Waals surface area contributed by atoms with Crippen LogP contribution in [0.2, 0.25) is 0 Å². The molecule has 3 N–H and O–H groups in total. The zero-order chi connectivity index (χ0) is 36.8. The van der Waals surface area contributed by atoms with Gasteiger partial charge in [0.1, 0.15) is 18.1 Å². The average Bonchev–Trinajstić information content (AvgIpc) is 3.09. The number of alkyl halides is 3. The largest absolute Gasteiger partial charge is 0.471 e. The number of nitrogens with zero attached hydrogens (tertiary/aromatic N) is 2. The maximum atomic E-state index is 14.2. The van der Waals surface area contributed by atoms with E-state index >= 15 is 0 Å². The van der Waals surface area contributed by atoms with Gasteiger partial charge in [0.15, 0.2) is 0 Å². The highest BCUT2D eigenvalue weighted by Crippen LogP contribution is 2.65. The zero-order valence-corrected chi connectivity index (χ0v) is 18.7. The second-order valence-corrected chi connectivity index (χ2v) is 9.28. The van der Waals surface area contributed by atoms with Crippen LogP contribution in [-0.4, -0.2) is 65.9 Å². The zero-order valence-electron chi connectivity index (χ0n) is 30.7. The quantitative estimate of drug-likeness (QED) is 0.491. The first-order valence-corrected chi connectivity index (χ1v) is 10.5. The molecule has 0 aromatic heterocycles. The van der Waals surface area contributed by atoms with Crippen molar-refractivity contribution in [3.05, 3.63) is 0 Å². The summed E-state index contributed by atoms with van der Waals surface area (Å²) in [6, 6.07) is -8.01. The van der Waals surface area contributed by atoms with E-state index in [2.05, 4.69) is 5.32 Å². The van der Waals surface area contributed by atoms with Crippen LogP contribution in [0, 0.1) is 39.9 Å². The lowest BCUT2D eigenvalue weighted by Crippen LogP contribution is -2.61. The van der Waals surface area contributed by atoms with Crippen LogP contribution in [0.3, 0.4) is 0 Å². The van der Waals surface area contributed by atoms with Crippen molar-refractivity contribution in [1.29, 1.82) is 5.26 Å². The number of hydrogen-bond acceptors (Lipinski definition) is 5. The molecule has 0 aromatic rings. The standard InChI is InChI=1S/C23H32F3N5O4/c1-21(2,3)16(30-20(35)23(24,25)26)19(34)31-10-13-14(22(13,4)5)15(31)18(33)29-12(9-27)8-11-6-7-28-17(11)32/h11-16H,6-8,10H2,1-5H3,(H,28,32)(H,29,33)(H,30,35)/t11-,12-,13-,14-,15-,16?/m0/s1/i1D3,2D3,3D3,11D,12D,15D. The molecule has 12 heteroatoms. The molecule has 2 heterocycles. The van der Waals surface area contributed by atoms with Crippen LogP contribution in [0.25, 0.3) is 0 Å². The fourth-order valence-electron chi connectivity index (χ4n) is 4.55. The molecule has 1 aliphatic carbocycles. The van der Waals surface area contributed by atoms with Gasteiger partial charge in [-0.15, -0.1) is 0 Å². The Labute approximate surface area is 219 Å². The normalized spacial score (nSPS) is 40.1. The summed E-state index contributed by atoms with van der Waals surface area (Å²) in [5.41, 5.74) is -5.42. The smallest absolute Gasteiger partial charge is 0.356 e. The molecule has 6 atom stereocenters. The van der Waals surface area contributed by atoms with Crippen LogP contribution in [-0.2, 0) is 19.2 Å². The van der Waals surface area contributed by atoms with Gasteiger partial charge in [-0.2, -0.15) is 18.4 Å². The Morgan fingerprint density at radius 1 is 1.34 bits per heavy atom.